The molecule has 2 N–H and O–H groups in total. The molecule has 0 atom stereocenters. The highest BCUT2D eigenvalue weighted by atomic mass is 35.5. The number of carbonyl (C=O) groups excluding carboxylic acids is 1. The van der Waals surface area contributed by atoms with Crippen LogP contribution >= 0.6 is 12.4 Å². The summed E-state index contributed by atoms with van der Waals surface area (Å²) in [5, 5.41) is 0. The number of nitrogens with two attached hydrogens (primary N) is 1. The van der Waals surface area contributed by atoms with Gasteiger partial charge in [0.2, 0.25) is 0 Å². The van der Waals surface area contributed by atoms with Gasteiger partial charge in [0, 0.05) is 18.3 Å². The molecule has 0 aromatic heterocycles. The average molecular weight is 229 g/mol. The number of fused-ring (bicyclic) bond motifs is 1. The number of amides is 1. The van der Waals surface area contributed by atoms with E-state index in [9.17, 15) is 4.79 Å². The Bertz CT molecular complexity index is 382. The van der Waals surface area contributed by atoms with Gasteiger partial charge in [-0.1, -0.05) is 0 Å². The number of hydrogen-bond donors (Lipinski definition) is 1. The number of likely N-dealkylation sites (N-methyl/N-ethyl adjacent to an activating group) is 1. The molecule has 82 valence electrons. The lowest BCUT2D eigenvalue weighted by atomic mass is 10.2. The van der Waals surface area contributed by atoms with Crippen LogP contribution in [-0.4, -0.2) is 19.1 Å². The first-order valence-corrected chi connectivity index (χ1v) is 4.55. The van der Waals surface area contributed by atoms with Gasteiger partial charge in [-0.05, 0) is 19.1 Å². The minimum atomic E-state index is -0.00947. The Hall–Kier alpha value is -1.42. The van der Waals surface area contributed by atoms with E-state index in [4.69, 9.17) is 10.5 Å². The van der Waals surface area contributed by atoms with Crippen LogP contribution in [0.15, 0.2) is 18.2 Å². The zero-order valence-electron chi connectivity index (χ0n) is 8.40. The number of rotatable bonds is 1. The van der Waals surface area contributed by atoms with Crippen molar-refractivity contribution < 1.29 is 9.53 Å². The fourth-order valence-electron chi connectivity index (χ4n) is 1.57. The first-order valence-electron chi connectivity index (χ1n) is 4.55. The average Bonchev–Trinajstić information content (AvgIpc) is 2.18. The molecular formula is C10H13ClN2O2. The maximum Gasteiger partial charge on any atom is 0.265 e. The number of nitrogens with zero attached hydrogens (tertiary/aromatic N) is 1. The van der Waals surface area contributed by atoms with E-state index in [1.54, 1.807) is 17.0 Å². The third-order valence-electron chi connectivity index (χ3n) is 2.24. The van der Waals surface area contributed by atoms with E-state index < -0.39 is 0 Å². The van der Waals surface area contributed by atoms with Crippen molar-refractivity contribution in [3.8, 4) is 5.75 Å². The van der Waals surface area contributed by atoms with Crippen LogP contribution in [0.1, 0.15) is 6.92 Å². The molecule has 0 spiro atoms. The molecule has 1 aliphatic rings. The molecule has 4 nitrogen and oxygen atoms in total. The third-order valence-corrected chi connectivity index (χ3v) is 2.24. The van der Waals surface area contributed by atoms with Crippen molar-refractivity contribution in [3.05, 3.63) is 18.2 Å². The minimum Gasteiger partial charge on any atom is -0.481 e. The topological polar surface area (TPSA) is 55.6 Å². The van der Waals surface area contributed by atoms with Gasteiger partial charge in [-0.3, -0.25) is 4.79 Å². The Kier molecular flexibility index (Phi) is 3.42. The fourth-order valence-corrected chi connectivity index (χ4v) is 1.57. The van der Waals surface area contributed by atoms with Crippen LogP contribution in [0.2, 0.25) is 0 Å². The summed E-state index contributed by atoms with van der Waals surface area (Å²) in [6, 6.07) is 5.32. The second kappa shape index (κ2) is 4.40. The normalized spacial score (nSPS) is 13.9. The van der Waals surface area contributed by atoms with E-state index in [0.717, 1.165) is 5.69 Å². The maximum absolute atomic E-state index is 11.4. The first-order chi connectivity index (χ1) is 6.72. The fraction of sp³-hybridized carbons (Fsp3) is 0.300. The summed E-state index contributed by atoms with van der Waals surface area (Å²) in [4.78, 5) is 13.1. The van der Waals surface area contributed by atoms with Gasteiger partial charge < -0.3 is 15.4 Å². The van der Waals surface area contributed by atoms with Crippen molar-refractivity contribution in [1.82, 2.24) is 0 Å². The number of carbonyl (C=O) groups is 1. The van der Waals surface area contributed by atoms with Crippen molar-refractivity contribution in [3.63, 3.8) is 0 Å². The number of hydrogen-bond acceptors (Lipinski definition) is 3. The molecule has 0 unspecified atom stereocenters. The van der Waals surface area contributed by atoms with Crippen molar-refractivity contribution in [1.29, 1.82) is 0 Å². The summed E-state index contributed by atoms with van der Waals surface area (Å²) in [5.74, 6) is 0.677. The quantitative estimate of drug-likeness (QED) is 0.740. The molecule has 5 heteroatoms. The molecule has 0 aliphatic carbocycles. The molecule has 0 bridgehead atoms. The molecule has 1 aromatic rings. The first kappa shape index (κ1) is 11.7. The highest BCUT2D eigenvalue weighted by Gasteiger charge is 2.23. The van der Waals surface area contributed by atoms with Crippen LogP contribution in [0.25, 0.3) is 0 Å². The third kappa shape index (κ3) is 1.99. The summed E-state index contributed by atoms with van der Waals surface area (Å²) in [7, 11) is 0. The van der Waals surface area contributed by atoms with Crippen molar-refractivity contribution in [2.75, 3.05) is 23.8 Å². The lowest BCUT2D eigenvalue weighted by Crippen LogP contribution is -2.38. The number of anilines is 2. The smallest absolute Gasteiger partial charge is 0.265 e. The SMILES string of the molecule is CCN1C(=O)COc2cc(N)ccc21.Cl. The van der Waals surface area contributed by atoms with E-state index in [2.05, 4.69) is 0 Å². The predicted molar refractivity (Wildman–Crippen MR) is 61.6 cm³/mol. The van der Waals surface area contributed by atoms with Crippen LogP contribution in [0.4, 0.5) is 11.4 Å². The Morgan fingerprint density at radius 2 is 2.27 bits per heavy atom. The van der Waals surface area contributed by atoms with Crippen molar-refractivity contribution in [2.24, 2.45) is 0 Å². The van der Waals surface area contributed by atoms with Crippen molar-refractivity contribution in [2.45, 2.75) is 6.92 Å². The van der Waals surface area contributed by atoms with Gasteiger partial charge in [-0.25, -0.2) is 0 Å². The molecule has 0 radical (unpaired) electrons. The van der Waals surface area contributed by atoms with Gasteiger partial charge in [0.25, 0.3) is 5.91 Å². The summed E-state index contributed by atoms with van der Waals surface area (Å²) >= 11 is 0. The van der Waals surface area contributed by atoms with Crippen LogP contribution in [-0.2, 0) is 4.79 Å². The predicted octanol–water partition coefficient (Wildman–Crippen LogP) is 1.44. The van der Waals surface area contributed by atoms with Crippen LogP contribution in [0.3, 0.4) is 0 Å². The Balaban J connectivity index is 0.00000112. The van der Waals surface area contributed by atoms with E-state index in [0.29, 0.717) is 18.0 Å². The molecular weight excluding hydrogens is 216 g/mol. The second-order valence-electron chi connectivity index (χ2n) is 3.15. The molecule has 0 fully saturated rings. The Labute approximate surface area is 94.4 Å². The minimum absolute atomic E-state index is 0. The molecule has 2 rings (SSSR count). The number of ether oxygens (including phenoxy) is 1. The Morgan fingerprint density at radius 1 is 1.53 bits per heavy atom. The standard InChI is InChI=1S/C10H12N2O2.ClH/c1-2-12-8-4-3-7(11)5-9(8)14-6-10(12)13;/h3-5H,2,6,11H2,1H3;1H. The highest BCUT2D eigenvalue weighted by molar-refractivity contribution is 5.98. The molecule has 1 aliphatic heterocycles. The largest absolute Gasteiger partial charge is 0.481 e. The van der Waals surface area contributed by atoms with Gasteiger partial charge in [-0.2, -0.15) is 0 Å². The van der Waals surface area contributed by atoms with E-state index >= 15 is 0 Å². The number of benzene rings is 1. The lowest BCUT2D eigenvalue weighted by molar-refractivity contribution is -0.121. The van der Waals surface area contributed by atoms with Crippen LogP contribution < -0.4 is 15.4 Å². The molecule has 15 heavy (non-hydrogen) atoms. The molecule has 1 amide bonds. The van der Waals surface area contributed by atoms with Gasteiger partial charge >= 0.3 is 0 Å². The van der Waals surface area contributed by atoms with Crippen LogP contribution in [0.5, 0.6) is 5.75 Å². The van der Waals surface area contributed by atoms with E-state index in [1.807, 2.05) is 13.0 Å². The van der Waals surface area contributed by atoms with Gasteiger partial charge in [0.1, 0.15) is 5.75 Å². The van der Waals surface area contributed by atoms with Crippen LogP contribution in [0, 0.1) is 0 Å². The lowest BCUT2D eigenvalue weighted by Gasteiger charge is -2.28. The number of halogens is 1. The van der Waals surface area contributed by atoms with E-state index in [-0.39, 0.29) is 24.9 Å². The zero-order valence-corrected chi connectivity index (χ0v) is 9.21. The second-order valence-corrected chi connectivity index (χ2v) is 3.15. The van der Waals surface area contributed by atoms with Gasteiger partial charge in [0.15, 0.2) is 6.61 Å². The summed E-state index contributed by atoms with van der Waals surface area (Å²) < 4.78 is 5.28. The highest BCUT2D eigenvalue weighted by Crippen LogP contribution is 2.33. The van der Waals surface area contributed by atoms with E-state index in [1.165, 1.54) is 0 Å². The molecule has 0 saturated heterocycles. The van der Waals surface area contributed by atoms with Gasteiger partial charge in [0.05, 0.1) is 5.69 Å². The molecule has 1 aromatic carbocycles. The summed E-state index contributed by atoms with van der Waals surface area (Å²) in [6.07, 6.45) is 0. The molecule has 0 saturated carbocycles. The van der Waals surface area contributed by atoms with Crippen molar-refractivity contribution >= 4 is 29.7 Å². The zero-order chi connectivity index (χ0) is 10.1. The summed E-state index contributed by atoms with van der Waals surface area (Å²) in [6.45, 7) is 2.69. The van der Waals surface area contributed by atoms with Gasteiger partial charge in [-0.15, -0.1) is 12.4 Å². The monoisotopic (exact) mass is 228 g/mol. The summed E-state index contributed by atoms with van der Waals surface area (Å²) in [5.41, 5.74) is 7.07. The number of nitrogen functional groups attached to an aromatic ring is 1. The maximum atomic E-state index is 11.4. The Morgan fingerprint density at radius 3 is 2.93 bits per heavy atom. The molecule has 1 heterocycles.